The molecule has 1 fully saturated rings. The van der Waals surface area contributed by atoms with Gasteiger partial charge in [-0.25, -0.2) is 0 Å². The summed E-state index contributed by atoms with van der Waals surface area (Å²) in [5, 5.41) is 14.9. The van der Waals surface area contributed by atoms with Crippen molar-refractivity contribution in [2.45, 2.75) is 75.9 Å². The van der Waals surface area contributed by atoms with Gasteiger partial charge >= 0.3 is 0 Å². The highest BCUT2D eigenvalue weighted by molar-refractivity contribution is 14.1. The number of ether oxygens (including phenoxy) is 1. The summed E-state index contributed by atoms with van der Waals surface area (Å²) < 4.78 is 5.94. The minimum Gasteiger partial charge on any atom is -0.384 e. The quantitative estimate of drug-likeness (QED) is 0.356. The molecule has 0 amide bonds. The Balaban J connectivity index is 3.18. The molecule has 0 radical (unpaired) electrons. The van der Waals surface area contributed by atoms with Gasteiger partial charge in [-0.1, -0.05) is 57.2 Å². The number of aliphatic hydroxyl groups is 1. The van der Waals surface area contributed by atoms with Gasteiger partial charge in [0.05, 0.1) is 16.3 Å². The lowest BCUT2D eigenvalue weighted by molar-refractivity contribution is -0.144. The third-order valence-corrected chi connectivity index (χ3v) is 6.75. The van der Waals surface area contributed by atoms with Crippen molar-refractivity contribution in [3.05, 3.63) is 0 Å². The zero-order valence-electron chi connectivity index (χ0n) is 14.5. The average molecular weight is 412 g/mol. The van der Waals surface area contributed by atoms with Crippen LogP contribution in [0.2, 0.25) is 0 Å². The van der Waals surface area contributed by atoms with Crippen LogP contribution >= 0.6 is 22.6 Å². The Hall–Kier alpha value is 0.570. The fourth-order valence-electron chi connectivity index (χ4n) is 3.54. The van der Waals surface area contributed by atoms with Crippen molar-refractivity contribution in [2.75, 3.05) is 6.54 Å². The number of halogens is 1. The second-order valence-electron chi connectivity index (χ2n) is 7.12. The van der Waals surface area contributed by atoms with Gasteiger partial charge in [0, 0.05) is 17.4 Å². The zero-order chi connectivity index (χ0) is 16.6. The summed E-state index contributed by atoms with van der Waals surface area (Å²) in [7, 11) is 0. The van der Waals surface area contributed by atoms with Crippen molar-refractivity contribution in [1.82, 2.24) is 5.32 Å². The van der Waals surface area contributed by atoms with E-state index < -0.39 is 5.60 Å². The minimum absolute atomic E-state index is 0.0104. The summed E-state index contributed by atoms with van der Waals surface area (Å²) in [5.41, 5.74) is 4.96. The monoisotopic (exact) mass is 412 g/mol. The van der Waals surface area contributed by atoms with Gasteiger partial charge in [0.1, 0.15) is 5.60 Å². The van der Waals surface area contributed by atoms with Crippen molar-refractivity contribution in [3.63, 3.8) is 0 Å². The van der Waals surface area contributed by atoms with E-state index in [4.69, 9.17) is 10.5 Å². The predicted molar refractivity (Wildman–Crippen MR) is 96.5 cm³/mol. The van der Waals surface area contributed by atoms with Gasteiger partial charge in [-0.2, -0.15) is 0 Å². The van der Waals surface area contributed by atoms with Crippen molar-refractivity contribution < 1.29 is 9.84 Å². The second-order valence-corrected chi connectivity index (χ2v) is 8.46. The summed E-state index contributed by atoms with van der Waals surface area (Å²) >= 11 is 2.13. The SMILES string of the molecule is CCNC1(C)C(C)C(O[C@H](C)C(C)C)C(O)(C(N)I)C1C. The van der Waals surface area contributed by atoms with Crippen molar-refractivity contribution in [3.8, 4) is 0 Å². The second kappa shape index (κ2) is 6.99. The van der Waals surface area contributed by atoms with Crippen molar-refractivity contribution in [1.29, 1.82) is 0 Å². The summed E-state index contributed by atoms with van der Waals surface area (Å²) in [6, 6.07) is 0. The van der Waals surface area contributed by atoms with E-state index in [0.29, 0.717) is 5.92 Å². The molecular formula is C16H33IN2O2. The first-order chi connectivity index (χ1) is 9.53. The normalized spacial score (nSPS) is 43.3. The summed E-state index contributed by atoms with van der Waals surface area (Å²) in [4.78, 5) is 0. The molecule has 4 nitrogen and oxygen atoms in total. The number of alkyl halides is 1. The summed E-state index contributed by atoms with van der Waals surface area (Å²) in [6.45, 7) is 15.7. The molecule has 0 aromatic rings. The molecule has 0 spiro atoms. The first-order valence-corrected chi connectivity index (χ1v) is 9.30. The molecule has 0 saturated heterocycles. The molecular weight excluding hydrogens is 379 g/mol. The molecule has 7 atom stereocenters. The molecule has 1 saturated carbocycles. The van der Waals surface area contributed by atoms with E-state index >= 15 is 0 Å². The van der Waals surface area contributed by atoms with Crippen LogP contribution in [0.5, 0.6) is 0 Å². The molecule has 0 aliphatic heterocycles. The predicted octanol–water partition coefficient (Wildman–Crippen LogP) is 2.52. The molecule has 126 valence electrons. The number of hydrogen-bond acceptors (Lipinski definition) is 4. The van der Waals surface area contributed by atoms with Gasteiger partial charge in [-0.05, 0) is 26.3 Å². The largest absolute Gasteiger partial charge is 0.384 e. The minimum atomic E-state index is -1.03. The molecule has 1 aliphatic carbocycles. The Labute approximate surface area is 143 Å². The molecule has 4 N–H and O–H groups in total. The van der Waals surface area contributed by atoms with Crippen molar-refractivity contribution in [2.24, 2.45) is 23.5 Å². The van der Waals surface area contributed by atoms with Gasteiger partial charge < -0.3 is 20.9 Å². The van der Waals surface area contributed by atoms with Crippen LogP contribution < -0.4 is 11.1 Å². The Morgan fingerprint density at radius 2 is 1.86 bits per heavy atom. The highest BCUT2D eigenvalue weighted by Gasteiger charge is 2.64. The first-order valence-electron chi connectivity index (χ1n) is 8.05. The molecule has 0 aromatic heterocycles. The molecule has 0 bridgehead atoms. The molecule has 0 aromatic carbocycles. The van der Waals surface area contributed by atoms with Crippen molar-refractivity contribution >= 4 is 22.6 Å². The standard InChI is InChI=1S/C16H33IN2O2/c1-8-19-15(7)10(4)13(21-11(5)9(2)3)16(20,12(15)6)14(17)18/h9-14,19-20H,8,18H2,1-7H3/t10?,11-,12?,13?,14?,15?,16?/m1/s1. The van der Waals surface area contributed by atoms with E-state index in [9.17, 15) is 5.11 Å². The third kappa shape index (κ3) is 3.27. The molecule has 6 unspecified atom stereocenters. The molecule has 21 heavy (non-hydrogen) atoms. The van der Waals surface area contributed by atoms with Gasteiger partial charge in [-0.3, -0.25) is 0 Å². The Kier molecular flexibility index (Phi) is 6.53. The smallest absolute Gasteiger partial charge is 0.120 e. The topological polar surface area (TPSA) is 67.5 Å². The lowest BCUT2D eigenvalue weighted by atomic mass is 9.81. The Morgan fingerprint density at radius 1 is 1.33 bits per heavy atom. The fraction of sp³-hybridized carbons (Fsp3) is 1.00. The van der Waals surface area contributed by atoms with Gasteiger partial charge in [0.15, 0.2) is 0 Å². The molecule has 5 heteroatoms. The average Bonchev–Trinajstić information content (AvgIpc) is 2.53. The maximum Gasteiger partial charge on any atom is 0.120 e. The van der Waals surface area contributed by atoms with Crippen LogP contribution in [0.15, 0.2) is 0 Å². The van der Waals surface area contributed by atoms with E-state index in [0.717, 1.165) is 6.54 Å². The summed E-state index contributed by atoms with van der Waals surface area (Å²) in [6.07, 6.45) is -0.170. The Morgan fingerprint density at radius 3 is 2.24 bits per heavy atom. The maximum atomic E-state index is 11.4. The lowest BCUT2D eigenvalue weighted by Gasteiger charge is -2.40. The van der Waals surface area contributed by atoms with Crippen LogP contribution in [0, 0.1) is 17.8 Å². The Bertz CT molecular complexity index is 353. The molecule has 1 rings (SSSR count). The van der Waals surface area contributed by atoms with Crippen LogP contribution in [0.4, 0.5) is 0 Å². The first kappa shape index (κ1) is 19.6. The van der Waals surface area contributed by atoms with E-state index in [1.54, 1.807) is 0 Å². The molecule has 1 aliphatic rings. The lowest BCUT2D eigenvalue weighted by Crippen LogP contribution is -2.58. The van der Waals surface area contributed by atoms with Crippen LogP contribution in [0.25, 0.3) is 0 Å². The highest BCUT2D eigenvalue weighted by atomic mass is 127. The summed E-state index contributed by atoms with van der Waals surface area (Å²) in [5.74, 6) is 0.601. The number of nitrogens with two attached hydrogens (primary N) is 1. The van der Waals surface area contributed by atoms with Gasteiger partial charge in [0.25, 0.3) is 0 Å². The number of nitrogens with one attached hydrogen (secondary N) is 1. The van der Waals surface area contributed by atoms with E-state index in [1.165, 1.54) is 0 Å². The third-order valence-electron chi connectivity index (χ3n) is 5.75. The maximum absolute atomic E-state index is 11.4. The number of hydrogen-bond donors (Lipinski definition) is 3. The molecule has 0 heterocycles. The number of rotatable bonds is 6. The van der Waals surface area contributed by atoms with Crippen LogP contribution in [-0.2, 0) is 4.74 Å². The fourth-order valence-corrected chi connectivity index (χ4v) is 4.44. The van der Waals surface area contributed by atoms with Crippen LogP contribution in [0.3, 0.4) is 0 Å². The highest BCUT2D eigenvalue weighted by Crippen LogP contribution is 2.51. The van der Waals surface area contributed by atoms with E-state index in [2.05, 4.69) is 76.4 Å². The zero-order valence-corrected chi connectivity index (χ0v) is 16.6. The van der Waals surface area contributed by atoms with Gasteiger partial charge in [0.2, 0.25) is 0 Å². The van der Waals surface area contributed by atoms with Crippen LogP contribution in [-0.4, -0.2) is 39.0 Å². The van der Waals surface area contributed by atoms with Crippen LogP contribution in [0.1, 0.15) is 48.5 Å². The van der Waals surface area contributed by atoms with E-state index in [-0.39, 0.29) is 33.6 Å². The van der Waals surface area contributed by atoms with Gasteiger partial charge in [-0.15, -0.1) is 0 Å². The van der Waals surface area contributed by atoms with E-state index in [1.807, 2.05) is 0 Å².